The van der Waals surface area contributed by atoms with Gasteiger partial charge < -0.3 is 5.11 Å². The summed E-state index contributed by atoms with van der Waals surface area (Å²) in [5, 5.41) is 10.9. The molecule has 0 aliphatic heterocycles. The lowest BCUT2D eigenvalue weighted by atomic mass is 9.48. The molecule has 1 nitrogen and oxygen atoms in total. The Morgan fingerprint density at radius 3 is 2.05 bits per heavy atom. The van der Waals surface area contributed by atoms with E-state index in [0.717, 1.165) is 30.6 Å². The first kappa shape index (κ1) is 12.9. The van der Waals surface area contributed by atoms with Gasteiger partial charge in [0.15, 0.2) is 0 Å². The summed E-state index contributed by atoms with van der Waals surface area (Å²) >= 11 is 0. The number of rotatable bonds is 4. The lowest BCUT2D eigenvalue weighted by Crippen LogP contribution is -2.51. The van der Waals surface area contributed by atoms with Crippen molar-refractivity contribution in [3.8, 4) is 0 Å². The fourth-order valence-corrected chi connectivity index (χ4v) is 5.84. The van der Waals surface area contributed by atoms with Gasteiger partial charge in [-0.05, 0) is 80.1 Å². The van der Waals surface area contributed by atoms with E-state index < -0.39 is 0 Å². The smallest absolute Gasteiger partial charge is 0.0599 e. The van der Waals surface area contributed by atoms with Crippen LogP contribution in [-0.4, -0.2) is 11.2 Å². The minimum absolute atomic E-state index is 0.0730. The highest BCUT2D eigenvalue weighted by molar-refractivity contribution is 5.15. The van der Waals surface area contributed by atoms with Gasteiger partial charge in [0.2, 0.25) is 0 Å². The summed E-state index contributed by atoms with van der Waals surface area (Å²) in [6.45, 7) is 0. The van der Waals surface area contributed by atoms with E-state index in [0.29, 0.717) is 5.41 Å². The summed E-state index contributed by atoms with van der Waals surface area (Å²) in [6, 6.07) is 10.6. The van der Waals surface area contributed by atoms with Gasteiger partial charge in [-0.1, -0.05) is 30.3 Å². The van der Waals surface area contributed by atoms with Gasteiger partial charge in [0.25, 0.3) is 0 Å². The van der Waals surface area contributed by atoms with E-state index in [1.165, 1.54) is 44.1 Å². The number of aryl methyl sites for hydroxylation is 1. The maximum Gasteiger partial charge on any atom is 0.0599 e. The Hall–Kier alpha value is -0.820. The highest BCUT2D eigenvalue weighted by Crippen LogP contribution is 2.61. The lowest BCUT2D eigenvalue weighted by molar-refractivity contribution is -0.121. The second-order valence-electron chi connectivity index (χ2n) is 7.82. The van der Waals surface area contributed by atoms with Gasteiger partial charge in [0.05, 0.1) is 6.10 Å². The zero-order valence-corrected chi connectivity index (χ0v) is 12.3. The van der Waals surface area contributed by atoms with Gasteiger partial charge in [-0.15, -0.1) is 0 Å². The number of hydrogen-bond acceptors (Lipinski definition) is 1. The molecule has 4 fully saturated rings. The largest absolute Gasteiger partial charge is 0.393 e. The van der Waals surface area contributed by atoms with Gasteiger partial charge in [0, 0.05) is 0 Å². The summed E-state index contributed by atoms with van der Waals surface area (Å²) in [4.78, 5) is 0. The summed E-state index contributed by atoms with van der Waals surface area (Å²) < 4.78 is 0. The van der Waals surface area contributed by atoms with Crippen LogP contribution in [0.2, 0.25) is 0 Å². The van der Waals surface area contributed by atoms with E-state index >= 15 is 0 Å². The quantitative estimate of drug-likeness (QED) is 0.869. The molecule has 1 aromatic rings. The molecule has 4 aliphatic rings. The Labute approximate surface area is 122 Å². The van der Waals surface area contributed by atoms with Crippen LogP contribution in [-0.2, 0) is 6.42 Å². The molecule has 0 aromatic heterocycles. The van der Waals surface area contributed by atoms with E-state index in [1.54, 1.807) is 0 Å². The van der Waals surface area contributed by atoms with Crippen LogP contribution >= 0.6 is 0 Å². The summed E-state index contributed by atoms with van der Waals surface area (Å²) in [5.41, 5.74) is 1.67. The van der Waals surface area contributed by atoms with Crippen molar-refractivity contribution in [3.63, 3.8) is 0 Å². The Morgan fingerprint density at radius 2 is 1.50 bits per heavy atom. The van der Waals surface area contributed by atoms with Crippen molar-refractivity contribution < 1.29 is 5.11 Å². The number of aliphatic hydroxyl groups is 1. The van der Waals surface area contributed by atoms with Crippen LogP contribution in [0, 0.1) is 23.2 Å². The minimum atomic E-state index is -0.0730. The third kappa shape index (κ3) is 2.20. The van der Waals surface area contributed by atoms with Crippen molar-refractivity contribution in [2.75, 3.05) is 0 Å². The predicted octanol–water partition coefficient (Wildman–Crippen LogP) is 4.20. The van der Waals surface area contributed by atoms with Crippen molar-refractivity contribution >= 4 is 0 Å². The molecular weight excluding hydrogens is 244 g/mol. The van der Waals surface area contributed by atoms with Gasteiger partial charge in [-0.25, -0.2) is 0 Å². The van der Waals surface area contributed by atoms with Crippen molar-refractivity contribution in [2.45, 2.75) is 57.5 Å². The molecule has 0 heterocycles. The topological polar surface area (TPSA) is 20.2 Å². The van der Waals surface area contributed by atoms with Gasteiger partial charge >= 0.3 is 0 Å². The van der Waals surface area contributed by atoms with Crippen LogP contribution in [0.4, 0.5) is 0 Å². The fraction of sp³-hybridized carbons (Fsp3) is 0.684. The van der Waals surface area contributed by atoms with Crippen molar-refractivity contribution in [3.05, 3.63) is 35.9 Å². The normalized spacial score (nSPS) is 40.0. The highest BCUT2D eigenvalue weighted by atomic mass is 16.3. The number of aliphatic hydroxyl groups excluding tert-OH is 1. The maximum absolute atomic E-state index is 10.9. The molecule has 0 radical (unpaired) electrons. The minimum Gasteiger partial charge on any atom is -0.393 e. The Balaban J connectivity index is 1.44. The summed E-state index contributed by atoms with van der Waals surface area (Å²) in [7, 11) is 0. The molecular formula is C19H26O. The molecule has 5 rings (SSSR count). The molecule has 0 saturated heterocycles. The predicted molar refractivity (Wildman–Crippen MR) is 81.4 cm³/mol. The summed E-state index contributed by atoms with van der Waals surface area (Å²) in [6.07, 6.45) is 10.2. The molecule has 0 amide bonds. The molecule has 1 aromatic carbocycles. The first-order valence-corrected chi connectivity index (χ1v) is 8.45. The van der Waals surface area contributed by atoms with Gasteiger partial charge in [-0.2, -0.15) is 0 Å². The average Bonchev–Trinajstić information content (AvgIpc) is 2.44. The van der Waals surface area contributed by atoms with E-state index in [-0.39, 0.29) is 6.10 Å². The fourth-order valence-electron chi connectivity index (χ4n) is 5.84. The zero-order valence-electron chi connectivity index (χ0n) is 12.3. The SMILES string of the molecule is O[C@@H](CCc1ccccc1)C12CC3CC(CC(C3)C1)C2. The third-order valence-electron chi connectivity index (χ3n) is 6.34. The van der Waals surface area contributed by atoms with E-state index in [4.69, 9.17) is 0 Å². The maximum atomic E-state index is 10.9. The van der Waals surface area contributed by atoms with Crippen LogP contribution in [0.15, 0.2) is 30.3 Å². The average molecular weight is 270 g/mol. The van der Waals surface area contributed by atoms with Crippen LogP contribution in [0.5, 0.6) is 0 Å². The Kier molecular flexibility index (Phi) is 3.14. The molecule has 4 aliphatic carbocycles. The third-order valence-corrected chi connectivity index (χ3v) is 6.34. The Morgan fingerprint density at radius 1 is 0.950 bits per heavy atom. The first-order valence-electron chi connectivity index (χ1n) is 8.45. The standard InChI is InChI=1S/C19H26O/c20-18(7-6-14-4-2-1-3-5-14)19-11-15-8-16(12-19)10-17(9-15)13-19/h1-5,15-18,20H,6-13H2/t15?,16?,17?,18-,19?/m0/s1. The molecule has 1 atom stereocenters. The van der Waals surface area contributed by atoms with Crippen molar-refractivity contribution in [2.24, 2.45) is 23.2 Å². The van der Waals surface area contributed by atoms with E-state index in [1.807, 2.05) is 0 Å². The zero-order chi connectivity index (χ0) is 13.6. The van der Waals surface area contributed by atoms with Crippen LogP contribution in [0.1, 0.15) is 50.5 Å². The molecule has 0 unspecified atom stereocenters. The highest BCUT2D eigenvalue weighted by Gasteiger charge is 2.53. The molecule has 0 spiro atoms. The molecule has 4 saturated carbocycles. The van der Waals surface area contributed by atoms with Crippen molar-refractivity contribution in [1.29, 1.82) is 0 Å². The van der Waals surface area contributed by atoms with Crippen LogP contribution in [0.3, 0.4) is 0 Å². The van der Waals surface area contributed by atoms with Gasteiger partial charge in [-0.3, -0.25) is 0 Å². The molecule has 108 valence electrons. The summed E-state index contributed by atoms with van der Waals surface area (Å²) in [5.74, 6) is 2.81. The monoisotopic (exact) mass is 270 g/mol. The second-order valence-corrected chi connectivity index (χ2v) is 7.82. The molecule has 4 bridgehead atoms. The Bertz CT molecular complexity index is 429. The second kappa shape index (κ2) is 4.87. The first-order chi connectivity index (χ1) is 9.73. The van der Waals surface area contributed by atoms with Gasteiger partial charge in [0.1, 0.15) is 0 Å². The van der Waals surface area contributed by atoms with Crippen molar-refractivity contribution in [1.82, 2.24) is 0 Å². The van der Waals surface area contributed by atoms with Crippen LogP contribution in [0.25, 0.3) is 0 Å². The lowest BCUT2D eigenvalue weighted by Gasteiger charge is -2.58. The molecule has 1 N–H and O–H groups in total. The van der Waals surface area contributed by atoms with Crippen LogP contribution < -0.4 is 0 Å². The van der Waals surface area contributed by atoms with E-state index in [2.05, 4.69) is 30.3 Å². The molecule has 1 heteroatoms. The number of hydrogen-bond donors (Lipinski definition) is 1. The molecule has 20 heavy (non-hydrogen) atoms. The number of benzene rings is 1. The van der Waals surface area contributed by atoms with E-state index in [9.17, 15) is 5.11 Å².